The molecule has 0 bridgehead atoms. The molecule has 0 aliphatic heterocycles. The Hall–Kier alpha value is -1.79. The lowest BCUT2D eigenvalue weighted by atomic mass is 10.1. The second-order valence-electron chi connectivity index (χ2n) is 4.68. The van der Waals surface area contributed by atoms with E-state index in [0.717, 1.165) is 6.42 Å². The maximum absolute atomic E-state index is 11.7. The van der Waals surface area contributed by atoms with Gasteiger partial charge in [-0.25, -0.2) is 0 Å². The Kier molecular flexibility index (Phi) is 3.87. The summed E-state index contributed by atoms with van der Waals surface area (Å²) in [6.45, 7) is 2.64. The van der Waals surface area contributed by atoms with Gasteiger partial charge in [0.25, 0.3) is 10.1 Å². The number of hydrogen-bond acceptors (Lipinski definition) is 4. The first-order valence-corrected chi connectivity index (χ1v) is 7.73. The van der Waals surface area contributed by atoms with E-state index in [9.17, 15) is 18.1 Å². The first-order valence-electron chi connectivity index (χ1n) is 6.29. The molecule has 0 radical (unpaired) electrons. The van der Waals surface area contributed by atoms with Crippen LogP contribution in [0.3, 0.4) is 0 Å². The number of hydrogen-bond donors (Lipinski definition) is 2. The molecule has 0 saturated heterocycles. The fourth-order valence-corrected chi connectivity index (χ4v) is 3.27. The van der Waals surface area contributed by atoms with Crippen LogP contribution < -0.4 is 4.90 Å². The maximum Gasteiger partial charge on any atom is 0.297 e. The Morgan fingerprint density at radius 3 is 2.45 bits per heavy atom. The Balaban J connectivity index is 2.84. The highest BCUT2D eigenvalue weighted by molar-refractivity contribution is 7.86. The molecule has 0 aliphatic rings. The molecule has 2 N–H and O–H groups in total. The number of fused-ring (bicyclic) bond motifs is 1. The SMILES string of the molecule is CCCN(C)c1ccc2c(O)cccc2c1S(=O)(=O)O. The molecule has 0 atom stereocenters. The third-order valence-electron chi connectivity index (χ3n) is 3.20. The van der Waals surface area contributed by atoms with Gasteiger partial charge in [-0.05, 0) is 24.6 Å². The normalized spacial score (nSPS) is 11.8. The van der Waals surface area contributed by atoms with Gasteiger partial charge in [0.05, 0.1) is 5.69 Å². The first kappa shape index (κ1) is 14.6. The van der Waals surface area contributed by atoms with E-state index in [1.165, 1.54) is 6.07 Å². The minimum atomic E-state index is -4.39. The van der Waals surface area contributed by atoms with Crippen molar-refractivity contribution in [3.8, 4) is 5.75 Å². The number of benzene rings is 2. The molecular weight excluding hydrogens is 278 g/mol. The van der Waals surface area contributed by atoms with Gasteiger partial charge in [0.15, 0.2) is 0 Å². The van der Waals surface area contributed by atoms with Crippen molar-refractivity contribution in [2.45, 2.75) is 18.2 Å². The summed E-state index contributed by atoms with van der Waals surface area (Å²) in [6, 6.07) is 7.85. The number of anilines is 1. The molecule has 5 nitrogen and oxygen atoms in total. The largest absolute Gasteiger partial charge is 0.507 e. The van der Waals surface area contributed by atoms with Crippen molar-refractivity contribution >= 4 is 26.6 Å². The number of rotatable bonds is 4. The predicted molar refractivity (Wildman–Crippen MR) is 79.0 cm³/mol. The van der Waals surface area contributed by atoms with Crippen LogP contribution in [0, 0.1) is 0 Å². The molecule has 0 fully saturated rings. The monoisotopic (exact) mass is 295 g/mol. The van der Waals surface area contributed by atoms with E-state index in [1.54, 1.807) is 36.2 Å². The fourth-order valence-electron chi connectivity index (χ4n) is 2.33. The lowest BCUT2D eigenvalue weighted by Gasteiger charge is -2.22. The average molecular weight is 295 g/mol. The third-order valence-corrected chi connectivity index (χ3v) is 4.14. The predicted octanol–water partition coefficient (Wildman–Crippen LogP) is 2.64. The van der Waals surface area contributed by atoms with E-state index < -0.39 is 10.1 Å². The van der Waals surface area contributed by atoms with Crippen LogP contribution in [0.2, 0.25) is 0 Å². The molecule has 0 spiro atoms. The topological polar surface area (TPSA) is 77.8 Å². The van der Waals surface area contributed by atoms with Gasteiger partial charge < -0.3 is 10.0 Å². The molecule has 0 saturated carbocycles. The Bertz CT molecular complexity index is 740. The average Bonchev–Trinajstić information content (AvgIpc) is 2.37. The number of phenolic OH excluding ortho intramolecular Hbond substituents is 1. The van der Waals surface area contributed by atoms with Crippen molar-refractivity contribution in [3.05, 3.63) is 30.3 Å². The lowest BCUT2D eigenvalue weighted by molar-refractivity contribution is 0.481. The maximum atomic E-state index is 11.7. The number of phenols is 1. The summed E-state index contributed by atoms with van der Waals surface area (Å²) in [5.74, 6) is -0.0166. The van der Waals surface area contributed by atoms with Crippen molar-refractivity contribution in [1.82, 2.24) is 0 Å². The standard InChI is InChI=1S/C14H17NO4S/c1-3-9-15(2)12-8-7-10-11(5-4-6-13(10)16)14(12)20(17,18)19/h4-8,16H,3,9H2,1-2H3,(H,17,18,19). The molecule has 0 amide bonds. The lowest BCUT2D eigenvalue weighted by Crippen LogP contribution is -2.20. The van der Waals surface area contributed by atoms with Gasteiger partial charge in [-0.1, -0.05) is 19.1 Å². The van der Waals surface area contributed by atoms with Crippen LogP contribution in [0.1, 0.15) is 13.3 Å². The van der Waals surface area contributed by atoms with E-state index >= 15 is 0 Å². The second-order valence-corrected chi connectivity index (χ2v) is 6.04. The van der Waals surface area contributed by atoms with Gasteiger partial charge in [0, 0.05) is 24.4 Å². The highest BCUT2D eigenvalue weighted by atomic mass is 32.2. The van der Waals surface area contributed by atoms with Crippen molar-refractivity contribution in [2.24, 2.45) is 0 Å². The number of aromatic hydroxyl groups is 1. The van der Waals surface area contributed by atoms with Gasteiger partial charge in [0.2, 0.25) is 0 Å². The first-order chi connectivity index (χ1) is 9.36. The second kappa shape index (κ2) is 5.30. The molecule has 2 aromatic rings. The molecule has 2 aromatic carbocycles. The smallest absolute Gasteiger partial charge is 0.297 e. The summed E-state index contributed by atoms with van der Waals surface area (Å²) in [5.41, 5.74) is 0.424. The molecule has 0 heterocycles. The quantitative estimate of drug-likeness (QED) is 0.848. The van der Waals surface area contributed by atoms with Gasteiger partial charge in [-0.2, -0.15) is 8.42 Å². The summed E-state index contributed by atoms with van der Waals surface area (Å²) < 4.78 is 33.0. The van der Waals surface area contributed by atoms with E-state index in [1.807, 2.05) is 6.92 Å². The zero-order valence-electron chi connectivity index (χ0n) is 11.4. The molecule has 2 rings (SSSR count). The highest BCUT2D eigenvalue weighted by Gasteiger charge is 2.22. The summed E-state index contributed by atoms with van der Waals surface area (Å²) >= 11 is 0. The Morgan fingerprint density at radius 1 is 1.15 bits per heavy atom. The van der Waals surface area contributed by atoms with Gasteiger partial charge in [-0.3, -0.25) is 4.55 Å². The zero-order valence-corrected chi connectivity index (χ0v) is 12.2. The van der Waals surface area contributed by atoms with E-state index in [2.05, 4.69) is 0 Å². The van der Waals surface area contributed by atoms with Crippen LogP contribution in [0.25, 0.3) is 10.8 Å². The van der Waals surface area contributed by atoms with Crippen molar-refractivity contribution < 1.29 is 18.1 Å². The van der Waals surface area contributed by atoms with E-state index in [0.29, 0.717) is 23.0 Å². The summed E-state index contributed by atoms with van der Waals surface area (Å²) in [6.07, 6.45) is 0.847. The van der Waals surface area contributed by atoms with Gasteiger partial charge in [-0.15, -0.1) is 0 Å². The van der Waals surface area contributed by atoms with E-state index in [4.69, 9.17) is 0 Å². The van der Waals surface area contributed by atoms with Crippen LogP contribution in [-0.2, 0) is 10.1 Å². The van der Waals surface area contributed by atoms with Crippen LogP contribution >= 0.6 is 0 Å². The van der Waals surface area contributed by atoms with Crippen LogP contribution in [0.5, 0.6) is 5.75 Å². The van der Waals surface area contributed by atoms with Crippen LogP contribution in [-0.4, -0.2) is 31.7 Å². The Morgan fingerprint density at radius 2 is 1.85 bits per heavy atom. The van der Waals surface area contributed by atoms with Gasteiger partial charge >= 0.3 is 0 Å². The van der Waals surface area contributed by atoms with Crippen molar-refractivity contribution in [3.63, 3.8) is 0 Å². The molecule has 20 heavy (non-hydrogen) atoms. The molecule has 6 heteroatoms. The summed E-state index contributed by atoms with van der Waals surface area (Å²) in [5, 5.41) is 10.5. The molecule has 0 aliphatic carbocycles. The van der Waals surface area contributed by atoms with E-state index in [-0.39, 0.29) is 10.6 Å². The Labute approximate surface area is 118 Å². The molecule has 0 unspecified atom stereocenters. The summed E-state index contributed by atoms with van der Waals surface area (Å²) in [4.78, 5) is 1.61. The molecule has 108 valence electrons. The number of nitrogens with zero attached hydrogens (tertiary/aromatic N) is 1. The zero-order chi connectivity index (χ0) is 14.9. The van der Waals surface area contributed by atoms with Crippen LogP contribution in [0.4, 0.5) is 5.69 Å². The van der Waals surface area contributed by atoms with Crippen molar-refractivity contribution in [2.75, 3.05) is 18.5 Å². The molecule has 0 aromatic heterocycles. The molecular formula is C14H17NO4S. The van der Waals surface area contributed by atoms with Crippen molar-refractivity contribution in [1.29, 1.82) is 0 Å². The highest BCUT2D eigenvalue weighted by Crippen LogP contribution is 2.35. The minimum Gasteiger partial charge on any atom is -0.507 e. The fraction of sp³-hybridized carbons (Fsp3) is 0.286. The minimum absolute atomic E-state index is 0.0166. The van der Waals surface area contributed by atoms with Crippen LogP contribution in [0.15, 0.2) is 35.2 Å². The third kappa shape index (κ3) is 2.57. The summed E-state index contributed by atoms with van der Waals surface area (Å²) in [7, 11) is -2.63. The van der Waals surface area contributed by atoms with Gasteiger partial charge in [0.1, 0.15) is 10.6 Å².